The van der Waals surface area contributed by atoms with Gasteiger partial charge in [-0.15, -0.1) is 0 Å². The van der Waals surface area contributed by atoms with Gasteiger partial charge in [0.05, 0.1) is 19.3 Å². The van der Waals surface area contributed by atoms with Gasteiger partial charge in [-0.1, -0.05) is 0 Å². The molecule has 0 radical (unpaired) electrons. The predicted molar refractivity (Wildman–Crippen MR) is 31.0 cm³/mol. The Morgan fingerprint density at radius 3 is 2.89 bits per heavy atom. The summed E-state index contributed by atoms with van der Waals surface area (Å²) in [6.07, 6.45) is 0.819. The maximum Gasteiger partial charge on any atom is 0.120 e. The summed E-state index contributed by atoms with van der Waals surface area (Å²) in [5.74, 6) is 0.0440. The van der Waals surface area contributed by atoms with Crippen molar-refractivity contribution >= 4 is 6.29 Å². The third kappa shape index (κ3) is 1.50. The topological polar surface area (TPSA) is 46.5 Å². The molecule has 1 rings (SSSR count). The number of aldehydes is 1. The van der Waals surface area contributed by atoms with E-state index in [1.165, 1.54) is 0 Å². The number of hydrogen-bond acceptors (Lipinski definition) is 3. The van der Waals surface area contributed by atoms with E-state index in [2.05, 4.69) is 0 Å². The van der Waals surface area contributed by atoms with Gasteiger partial charge in [0.1, 0.15) is 6.29 Å². The Hall–Kier alpha value is -0.410. The molecule has 0 spiro atoms. The molecule has 0 aliphatic carbocycles. The van der Waals surface area contributed by atoms with Gasteiger partial charge in [0, 0.05) is 12.3 Å². The Morgan fingerprint density at radius 1 is 1.67 bits per heavy atom. The highest BCUT2D eigenvalue weighted by atomic mass is 16.5. The number of ether oxygens (including phenoxy) is 1. The van der Waals surface area contributed by atoms with E-state index < -0.39 is 6.10 Å². The van der Waals surface area contributed by atoms with Crippen LogP contribution in [0.25, 0.3) is 0 Å². The summed E-state index contributed by atoms with van der Waals surface area (Å²) in [7, 11) is 0. The van der Waals surface area contributed by atoms with Gasteiger partial charge in [-0.05, 0) is 0 Å². The highest BCUT2D eigenvalue weighted by Gasteiger charge is 2.25. The highest BCUT2D eigenvalue weighted by Crippen LogP contribution is 2.15. The normalized spacial score (nSPS) is 34.8. The maximum atomic E-state index is 9.94. The van der Waals surface area contributed by atoms with Gasteiger partial charge >= 0.3 is 0 Å². The lowest BCUT2D eigenvalue weighted by molar-refractivity contribution is -0.109. The standard InChI is InChI=1S/C6H10O3/c7-2-1-5-3-9-4-6(5)8/h2,5-6,8H,1,3-4H2. The van der Waals surface area contributed by atoms with Crippen molar-refractivity contribution in [2.75, 3.05) is 13.2 Å². The zero-order valence-corrected chi connectivity index (χ0v) is 5.12. The van der Waals surface area contributed by atoms with Gasteiger partial charge in [0.15, 0.2) is 0 Å². The third-order valence-electron chi connectivity index (χ3n) is 1.56. The largest absolute Gasteiger partial charge is 0.390 e. The summed E-state index contributed by atoms with van der Waals surface area (Å²) in [6, 6.07) is 0. The molecule has 2 unspecified atom stereocenters. The van der Waals surface area contributed by atoms with Gasteiger partial charge in [-0.3, -0.25) is 0 Å². The first-order chi connectivity index (χ1) is 4.34. The van der Waals surface area contributed by atoms with Crippen LogP contribution in [0.1, 0.15) is 6.42 Å². The number of rotatable bonds is 2. The van der Waals surface area contributed by atoms with Crippen molar-refractivity contribution in [3.8, 4) is 0 Å². The van der Waals surface area contributed by atoms with Crippen molar-refractivity contribution in [2.24, 2.45) is 5.92 Å². The Bertz CT molecular complexity index is 102. The molecule has 0 aromatic carbocycles. The summed E-state index contributed by atoms with van der Waals surface area (Å²) < 4.78 is 4.91. The van der Waals surface area contributed by atoms with Crippen molar-refractivity contribution in [2.45, 2.75) is 12.5 Å². The average molecular weight is 130 g/mol. The molecule has 0 bridgehead atoms. The van der Waals surface area contributed by atoms with E-state index in [0.29, 0.717) is 19.6 Å². The van der Waals surface area contributed by atoms with Gasteiger partial charge in [-0.2, -0.15) is 0 Å². The number of carbonyl (C=O) groups is 1. The summed E-state index contributed by atoms with van der Waals surface area (Å²) in [6.45, 7) is 0.915. The highest BCUT2D eigenvalue weighted by molar-refractivity contribution is 5.49. The van der Waals surface area contributed by atoms with Gasteiger partial charge < -0.3 is 14.6 Å². The van der Waals surface area contributed by atoms with E-state index in [1.54, 1.807) is 0 Å². The van der Waals surface area contributed by atoms with E-state index in [1.807, 2.05) is 0 Å². The predicted octanol–water partition coefficient (Wildman–Crippen LogP) is -0.417. The summed E-state index contributed by atoms with van der Waals surface area (Å²) in [5, 5.41) is 9.04. The zero-order valence-electron chi connectivity index (χ0n) is 5.12. The maximum absolute atomic E-state index is 9.94. The second-order valence-corrected chi connectivity index (χ2v) is 2.27. The minimum Gasteiger partial charge on any atom is -0.390 e. The van der Waals surface area contributed by atoms with Crippen molar-refractivity contribution in [3.05, 3.63) is 0 Å². The fourth-order valence-corrected chi connectivity index (χ4v) is 0.936. The smallest absolute Gasteiger partial charge is 0.120 e. The molecule has 9 heavy (non-hydrogen) atoms. The summed E-state index contributed by atoms with van der Waals surface area (Å²) in [4.78, 5) is 9.94. The van der Waals surface area contributed by atoms with E-state index in [9.17, 15) is 4.79 Å². The molecule has 1 saturated heterocycles. The number of aliphatic hydroxyl groups excluding tert-OH is 1. The molecule has 0 amide bonds. The lowest BCUT2D eigenvalue weighted by Crippen LogP contribution is -2.17. The molecule has 2 atom stereocenters. The molecule has 3 nitrogen and oxygen atoms in total. The van der Waals surface area contributed by atoms with Crippen LogP contribution < -0.4 is 0 Å². The Morgan fingerprint density at radius 2 is 2.44 bits per heavy atom. The lowest BCUT2D eigenvalue weighted by atomic mass is 10.0. The molecule has 1 fully saturated rings. The second-order valence-electron chi connectivity index (χ2n) is 2.27. The van der Waals surface area contributed by atoms with Crippen LogP contribution in [0.2, 0.25) is 0 Å². The van der Waals surface area contributed by atoms with Crippen molar-refractivity contribution < 1.29 is 14.6 Å². The van der Waals surface area contributed by atoms with E-state index in [0.717, 1.165) is 6.29 Å². The number of aliphatic hydroxyl groups is 1. The molecule has 0 aromatic heterocycles. The van der Waals surface area contributed by atoms with E-state index in [4.69, 9.17) is 9.84 Å². The van der Waals surface area contributed by atoms with Crippen LogP contribution in [-0.2, 0) is 9.53 Å². The molecular formula is C6H10O3. The van der Waals surface area contributed by atoms with Crippen LogP contribution >= 0.6 is 0 Å². The van der Waals surface area contributed by atoms with E-state index in [-0.39, 0.29) is 5.92 Å². The molecular weight excluding hydrogens is 120 g/mol. The van der Waals surface area contributed by atoms with E-state index >= 15 is 0 Å². The number of carbonyl (C=O) groups excluding carboxylic acids is 1. The van der Waals surface area contributed by atoms with Crippen LogP contribution in [0.5, 0.6) is 0 Å². The fraction of sp³-hybridized carbons (Fsp3) is 0.833. The monoisotopic (exact) mass is 130 g/mol. The van der Waals surface area contributed by atoms with Gasteiger partial charge in [0.2, 0.25) is 0 Å². The second kappa shape index (κ2) is 2.94. The first kappa shape index (κ1) is 6.71. The number of hydrogen-bond donors (Lipinski definition) is 1. The van der Waals surface area contributed by atoms with Gasteiger partial charge in [-0.25, -0.2) is 0 Å². The Balaban J connectivity index is 2.30. The molecule has 1 heterocycles. The zero-order chi connectivity index (χ0) is 6.69. The molecule has 1 aliphatic heterocycles. The van der Waals surface area contributed by atoms with Crippen LogP contribution in [0, 0.1) is 5.92 Å². The van der Waals surface area contributed by atoms with Crippen molar-refractivity contribution in [3.63, 3.8) is 0 Å². The molecule has 0 aromatic rings. The van der Waals surface area contributed by atoms with Crippen LogP contribution in [0.3, 0.4) is 0 Å². The Kier molecular flexibility index (Phi) is 2.19. The molecule has 1 N–H and O–H groups in total. The fourth-order valence-electron chi connectivity index (χ4n) is 0.936. The third-order valence-corrected chi connectivity index (χ3v) is 1.56. The first-order valence-electron chi connectivity index (χ1n) is 3.04. The quantitative estimate of drug-likeness (QED) is 0.516. The van der Waals surface area contributed by atoms with Gasteiger partial charge in [0.25, 0.3) is 0 Å². The van der Waals surface area contributed by atoms with Crippen molar-refractivity contribution in [1.29, 1.82) is 0 Å². The SMILES string of the molecule is O=CCC1COCC1O. The minimum absolute atomic E-state index is 0.0440. The Labute approximate surface area is 53.6 Å². The summed E-state index contributed by atoms with van der Waals surface area (Å²) >= 11 is 0. The van der Waals surface area contributed by atoms with Crippen LogP contribution in [0.4, 0.5) is 0 Å². The van der Waals surface area contributed by atoms with Crippen LogP contribution in [0.15, 0.2) is 0 Å². The lowest BCUT2D eigenvalue weighted by Gasteiger charge is -2.05. The average Bonchev–Trinajstić information content (AvgIpc) is 2.18. The molecule has 52 valence electrons. The minimum atomic E-state index is -0.421. The molecule has 0 saturated carbocycles. The summed E-state index contributed by atoms with van der Waals surface area (Å²) in [5.41, 5.74) is 0. The molecule has 3 heteroatoms. The first-order valence-corrected chi connectivity index (χ1v) is 3.04. The molecule has 1 aliphatic rings. The van der Waals surface area contributed by atoms with Crippen molar-refractivity contribution in [1.82, 2.24) is 0 Å². The van der Waals surface area contributed by atoms with Crippen LogP contribution in [-0.4, -0.2) is 30.7 Å².